The zero-order chi connectivity index (χ0) is 48.4. The zero-order valence-corrected chi connectivity index (χ0v) is 43.1. The third kappa shape index (κ3) is 46.5. The third-order valence-corrected chi connectivity index (χ3v) is 12.2. The molecule has 0 saturated heterocycles. The molecule has 0 aromatic rings. The van der Waals surface area contributed by atoms with Gasteiger partial charge in [0.2, 0.25) is 0 Å². The highest BCUT2D eigenvalue weighted by molar-refractivity contribution is 7.47. The molecule has 0 rings (SSSR count). The Morgan fingerprint density at radius 3 is 1.21 bits per heavy atom. The third-order valence-electron chi connectivity index (χ3n) is 11.3. The molecule has 66 heavy (non-hydrogen) atoms. The van der Waals surface area contributed by atoms with Gasteiger partial charge in [0.1, 0.15) is 12.7 Å². The summed E-state index contributed by atoms with van der Waals surface area (Å²) in [5.74, 6) is -1.54. The first kappa shape index (κ1) is 63.4. The number of allylic oxidation sites excluding steroid dienone is 8. The first-order valence-electron chi connectivity index (χ1n) is 26.5. The minimum absolute atomic E-state index is 0.0580. The maximum Gasteiger partial charge on any atom is 0.472 e. The van der Waals surface area contributed by atoms with Gasteiger partial charge in [-0.25, -0.2) is 4.57 Å². The van der Waals surface area contributed by atoms with Gasteiger partial charge in [0.05, 0.1) is 19.8 Å². The molecule has 0 spiro atoms. The minimum atomic E-state index is -4.75. The van der Waals surface area contributed by atoms with Crippen LogP contribution in [0.1, 0.15) is 239 Å². The molecule has 384 valence electrons. The number of hydrogen-bond donors (Lipinski definition) is 2. The molecule has 0 aliphatic carbocycles. The second kappa shape index (κ2) is 48.9. The van der Waals surface area contributed by atoms with Crippen LogP contribution >= 0.6 is 7.82 Å². The molecule has 3 unspecified atom stereocenters. The monoisotopic (exact) mass is 953 g/mol. The van der Waals surface area contributed by atoms with E-state index in [-0.39, 0.29) is 25.9 Å². The van der Waals surface area contributed by atoms with Crippen LogP contribution in [0.5, 0.6) is 0 Å². The van der Waals surface area contributed by atoms with Crippen LogP contribution in [0.4, 0.5) is 0 Å². The van der Waals surface area contributed by atoms with Crippen molar-refractivity contribution in [2.45, 2.75) is 251 Å². The van der Waals surface area contributed by atoms with Crippen molar-refractivity contribution in [3.8, 4) is 0 Å². The molecule has 0 fully saturated rings. The maximum atomic E-state index is 12.8. The molecular formula is C54H97O11P. The second-order valence-corrected chi connectivity index (χ2v) is 19.1. The fraction of sp³-hybridized carbons (Fsp3) is 0.796. The quantitative estimate of drug-likeness (QED) is 0.0197. The smallest absolute Gasteiger partial charge is 0.462 e. The van der Waals surface area contributed by atoms with E-state index in [0.717, 1.165) is 64.2 Å². The normalized spacial score (nSPS) is 13.8. The fourth-order valence-corrected chi connectivity index (χ4v) is 8.04. The first-order chi connectivity index (χ1) is 32.2. The SMILES string of the molecule is CC/C=C\C/C=C\C/C=C\C/C=C\CCC(=O)OC(CO)COP(=O)(O)OCC(COC(=O)CCCCCCCCCCCCC)OC(=O)CCCCCCCCCCCCCCCCC. The van der Waals surface area contributed by atoms with Gasteiger partial charge in [-0.2, -0.15) is 0 Å². The van der Waals surface area contributed by atoms with Crippen molar-refractivity contribution in [1.82, 2.24) is 0 Å². The highest BCUT2D eigenvalue weighted by Gasteiger charge is 2.28. The Balaban J connectivity index is 4.76. The Kier molecular flexibility index (Phi) is 47.0. The van der Waals surface area contributed by atoms with E-state index in [9.17, 15) is 28.9 Å². The lowest BCUT2D eigenvalue weighted by Crippen LogP contribution is -2.30. The van der Waals surface area contributed by atoms with Crippen molar-refractivity contribution in [2.75, 3.05) is 26.4 Å². The summed E-state index contributed by atoms with van der Waals surface area (Å²) in [5, 5.41) is 9.75. The first-order valence-corrected chi connectivity index (χ1v) is 28.0. The average molecular weight is 953 g/mol. The number of hydrogen-bond acceptors (Lipinski definition) is 10. The number of rotatable bonds is 49. The van der Waals surface area contributed by atoms with Crippen LogP contribution in [0.2, 0.25) is 0 Å². The zero-order valence-electron chi connectivity index (χ0n) is 42.2. The molecule has 0 aromatic heterocycles. The van der Waals surface area contributed by atoms with Crippen molar-refractivity contribution >= 4 is 25.7 Å². The van der Waals surface area contributed by atoms with Crippen LogP contribution in [0.25, 0.3) is 0 Å². The Morgan fingerprint density at radius 1 is 0.439 bits per heavy atom. The van der Waals surface area contributed by atoms with Gasteiger partial charge in [0, 0.05) is 19.3 Å². The molecule has 0 aromatic carbocycles. The summed E-state index contributed by atoms with van der Waals surface area (Å²) in [6, 6.07) is 0. The number of aliphatic hydroxyl groups is 1. The van der Waals surface area contributed by atoms with Gasteiger partial charge in [-0.15, -0.1) is 0 Å². The van der Waals surface area contributed by atoms with Crippen LogP contribution in [0, 0.1) is 0 Å². The Hall–Kier alpha value is -2.56. The molecule has 0 aliphatic heterocycles. The average Bonchev–Trinajstić information content (AvgIpc) is 3.30. The van der Waals surface area contributed by atoms with Crippen molar-refractivity contribution < 1.29 is 52.2 Å². The van der Waals surface area contributed by atoms with Crippen LogP contribution in [-0.2, 0) is 42.2 Å². The van der Waals surface area contributed by atoms with Crippen molar-refractivity contribution in [3.63, 3.8) is 0 Å². The molecule has 12 heteroatoms. The molecule has 0 saturated carbocycles. The van der Waals surface area contributed by atoms with E-state index in [4.69, 9.17) is 23.3 Å². The topological polar surface area (TPSA) is 155 Å². The predicted molar refractivity (Wildman–Crippen MR) is 270 cm³/mol. The molecule has 0 amide bonds. The van der Waals surface area contributed by atoms with Crippen LogP contribution < -0.4 is 0 Å². The van der Waals surface area contributed by atoms with E-state index in [1.54, 1.807) is 0 Å². The van der Waals surface area contributed by atoms with Gasteiger partial charge in [0.25, 0.3) is 0 Å². The molecule has 3 atom stereocenters. The number of phosphoric ester groups is 1. The predicted octanol–water partition coefficient (Wildman–Crippen LogP) is 15.0. The van der Waals surface area contributed by atoms with Gasteiger partial charge in [-0.3, -0.25) is 23.4 Å². The van der Waals surface area contributed by atoms with Crippen LogP contribution in [0.3, 0.4) is 0 Å². The molecule has 2 N–H and O–H groups in total. The Labute approximate surface area is 403 Å². The van der Waals surface area contributed by atoms with E-state index >= 15 is 0 Å². The highest BCUT2D eigenvalue weighted by atomic mass is 31.2. The molecule has 0 aliphatic rings. The Morgan fingerprint density at radius 2 is 0.788 bits per heavy atom. The molecule has 0 radical (unpaired) electrons. The lowest BCUT2D eigenvalue weighted by atomic mass is 10.0. The highest BCUT2D eigenvalue weighted by Crippen LogP contribution is 2.43. The Bertz CT molecular complexity index is 1300. The number of esters is 3. The lowest BCUT2D eigenvalue weighted by molar-refractivity contribution is -0.161. The number of aliphatic hydroxyl groups excluding tert-OH is 1. The van der Waals surface area contributed by atoms with Crippen molar-refractivity contribution in [2.24, 2.45) is 0 Å². The number of carbonyl (C=O) groups is 3. The summed E-state index contributed by atoms with van der Waals surface area (Å²) in [6.07, 6.45) is 49.5. The van der Waals surface area contributed by atoms with Gasteiger partial charge in [-0.1, -0.05) is 223 Å². The summed E-state index contributed by atoms with van der Waals surface area (Å²) in [5.41, 5.74) is 0. The van der Waals surface area contributed by atoms with Gasteiger partial charge < -0.3 is 24.2 Å². The molecule has 0 bridgehead atoms. The maximum absolute atomic E-state index is 12.8. The van der Waals surface area contributed by atoms with E-state index in [2.05, 4.69) is 57.2 Å². The van der Waals surface area contributed by atoms with E-state index in [0.29, 0.717) is 19.3 Å². The van der Waals surface area contributed by atoms with Crippen molar-refractivity contribution in [3.05, 3.63) is 48.6 Å². The summed E-state index contributed by atoms with van der Waals surface area (Å²) >= 11 is 0. The van der Waals surface area contributed by atoms with Crippen molar-refractivity contribution in [1.29, 1.82) is 0 Å². The summed E-state index contributed by atoms with van der Waals surface area (Å²) in [6.45, 7) is 4.45. The summed E-state index contributed by atoms with van der Waals surface area (Å²) < 4.78 is 39.3. The number of carbonyl (C=O) groups excluding carboxylic acids is 3. The summed E-state index contributed by atoms with van der Waals surface area (Å²) in [7, 11) is -4.75. The largest absolute Gasteiger partial charge is 0.472 e. The molecular weight excluding hydrogens is 856 g/mol. The fourth-order valence-electron chi connectivity index (χ4n) is 7.25. The lowest BCUT2D eigenvalue weighted by Gasteiger charge is -2.21. The van der Waals surface area contributed by atoms with E-state index < -0.39 is 57.8 Å². The van der Waals surface area contributed by atoms with E-state index in [1.807, 2.05) is 12.2 Å². The van der Waals surface area contributed by atoms with Gasteiger partial charge in [0.15, 0.2) is 6.10 Å². The van der Waals surface area contributed by atoms with Crippen LogP contribution in [-0.4, -0.2) is 66.5 Å². The van der Waals surface area contributed by atoms with Crippen LogP contribution in [0.15, 0.2) is 48.6 Å². The number of ether oxygens (including phenoxy) is 3. The minimum Gasteiger partial charge on any atom is -0.462 e. The number of phosphoric acid groups is 1. The standard InChI is InChI=1S/C54H97O11P/c1-4-7-10-13-16-19-22-24-25-27-30-33-36-39-42-45-54(58)65-51(47-61-52(56)43-40-37-34-31-28-21-18-15-12-9-6-3)49-63-66(59,60)62-48-50(46-55)64-53(57)44-41-38-35-32-29-26-23-20-17-14-11-8-5-2/h8,11,17,20,26,29,35,38,50-51,55H,4-7,9-10,12-16,18-19,21-25,27-28,30-34,36-37,39-49H2,1-3H3,(H,59,60)/b11-8-,20-17-,29-26-,38-35-. The summed E-state index contributed by atoms with van der Waals surface area (Å²) in [4.78, 5) is 48.2. The van der Waals surface area contributed by atoms with E-state index in [1.165, 1.54) is 116 Å². The van der Waals surface area contributed by atoms with Gasteiger partial charge in [-0.05, 0) is 44.9 Å². The van der Waals surface area contributed by atoms with Gasteiger partial charge >= 0.3 is 25.7 Å². The molecule has 11 nitrogen and oxygen atoms in total. The number of unbranched alkanes of at least 4 members (excludes halogenated alkanes) is 24. The molecule has 0 heterocycles. The second-order valence-electron chi connectivity index (χ2n) is 17.7.